The van der Waals surface area contributed by atoms with Crippen LogP contribution in [-0.2, 0) is 11.2 Å². The van der Waals surface area contributed by atoms with Crippen molar-refractivity contribution in [1.82, 2.24) is 10.3 Å². The number of hydrogen-bond donors (Lipinski definition) is 1. The molecule has 1 heterocycles. The third-order valence-corrected chi connectivity index (χ3v) is 4.45. The molecule has 3 amide bonds. The first-order valence-electron chi connectivity index (χ1n) is 7.94. The number of nitrogens with zero attached hydrogens (tertiary/aromatic N) is 2. The number of hydrogen-bond acceptors (Lipinski definition) is 3. The second-order valence-electron chi connectivity index (χ2n) is 6.01. The third kappa shape index (κ3) is 2.89. The summed E-state index contributed by atoms with van der Waals surface area (Å²) in [6.07, 6.45) is 7.77. The second-order valence-corrected chi connectivity index (χ2v) is 6.01. The smallest absolute Gasteiger partial charge is 0.321 e. The summed E-state index contributed by atoms with van der Waals surface area (Å²) in [7, 11) is 0. The molecule has 22 heavy (non-hydrogen) atoms. The number of amides is 3. The van der Waals surface area contributed by atoms with Crippen LogP contribution < -0.4 is 5.32 Å². The Labute approximate surface area is 130 Å². The van der Waals surface area contributed by atoms with Gasteiger partial charge in [-0.05, 0) is 31.2 Å². The van der Waals surface area contributed by atoms with Crippen LogP contribution in [-0.4, -0.2) is 28.7 Å². The van der Waals surface area contributed by atoms with Gasteiger partial charge in [-0.25, -0.2) is 4.79 Å². The summed E-state index contributed by atoms with van der Waals surface area (Å²) in [5.74, 6) is -0.187. The van der Waals surface area contributed by atoms with Crippen molar-refractivity contribution in [3.05, 3.63) is 35.9 Å². The van der Waals surface area contributed by atoms with Crippen molar-refractivity contribution in [1.29, 1.82) is 0 Å². The molecule has 0 unspecified atom stereocenters. The van der Waals surface area contributed by atoms with E-state index in [1.54, 1.807) is 6.21 Å². The van der Waals surface area contributed by atoms with Crippen LogP contribution in [0.1, 0.15) is 44.1 Å². The molecule has 1 N–H and O–H groups in total. The Hall–Kier alpha value is -2.17. The lowest BCUT2D eigenvalue weighted by Crippen LogP contribution is -2.48. The predicted octanol–water partition coefficient (Wildman–Crippen LogP) is 2.86. The van der Waals surface area contributed by atoms with Gasteiger partial charge in [0.2, 0.25) is 0 Å². The monoisotopic (exact) mass is 299 g/mol. The highest BCUT2D eigenvalue weighted by atomic mass is 16.2. The molecule has 0 bridgehead atoms. The summed E-state index contributed by atoms with van der Waals surface area (Å²) < 4.78 is 0. The van der Waals surface area contributed by atoms with Crippen LogP contribution in [0.2, 0.25) is 0 Å². The van der Waals surface area contributed by atoms with E-state index in [2.05, 4.69) is 22.6 Å². The van der Waals surface area contributed by atoms with Gasteiger partial charge in [0, 0.05) is 6.21 Å². The van der Waals surface area contributed by atoms with E-state index in [4.69, 9.17) is 0 Å². The topological polar surface area (TPSA) is 61.8 Å². The average molecular weight is 299 g/mol. The summed E-state index contributed by atoms with van der Waals surface area (Å²) in [5.41, 5.74) is 0.529. The van der Waals surface area contributed by atoms with Crippen LogP contribution in [0.25, 0.3) is 0 Å². The number of nitrogens with one attached hydrogen (secondary N) is 1. The molecule has 0 atom stereocenters. The highest BCUT2D eigenvalue weighted by Crippen LogP contribution is 2.33. The van der Waals surface area contributed by atoms with Gasteiger partial charge in [-0.3, -0.25) is 4.79 Å². The fraction of sp³-hybridized carbons (Fsp3) is 0.471. The van der Waals surface area contributed by atoms with Crippen LogP contribution in [0.4, 0.5) is 4.79 Å². The Balaban J connectivity index is 1.59. The van der Waals surface area contributed by atoms with Crippen molar-refractivity contribution in [3.8, 4) is 0 Å². The molecule has 0 aromatic heterocycles. The summed E-state index contributed by atoms with van der Waals surface area (Å²) >= 11 is 0. The summed E-state index contributed by atoms with van der Waals surface area (Å²) in [6, 6.07) is 9.70. The molecule has 1 saturated heterocycles. The number of aryl methyl sites for hydroxylation is 1. The van der Waals surface area contributed by atoms with Crippen molar-refractivity contribution in [2.45, 2.75) is 50.5 Å². The zero-order valence-corrected chi connectivity index (χ0v) is 12.6. The molecule has 2 fully saturated rings. The number of benzene rings is 1. The first-order valence-corrected chi connectivity index (χ1v) is 7.94. The molecule has 1 aromatic rings. The Morgan fingerprint density at radius 2 is 1.86 bits per heavy atom. The highest BCUT2D eigenvalue weighted by molar-refractivity contribution is 6.07. The third-order valence-electron chi connectivity index (χ3n) is 4.45. The van der Waals surface area contributed by atoms with Crippen molar-refractivity contribution in [3.63, 3.8) is 0 Å². The number of rotatable bonds is 4. The molecule has 1 saturated carbocycles. The first kappa shape index (κ1) is 14.8. The molecule has 116 valence electrons. The maximum absolute atomic E-state index is 12.5. The summed E-state index contributed by atoms with van der Waals surface area (Å²) in [6.45, 7) is 0. The van der Waals surface area contributed by atoms with Crippen molar-refractivity contribution < 1.29 is 9.59 Å². The van der Waals surface area contributed by atoms with Crippen LogP contribution in [0.3, 0.4) is 0 Å². The van der Waals surface area contributed by atoms with Gasteiger partial charge in [0.25, 0.3) is 5.91 Å². The van der Waals surface area contributed by atoms with Gasteiger partial charge in [0.05, 0.1) is 0 Å². The lowest BCUT2D eigenvalue weighted by molar-refractivity contribution is -0.132. The first-order chi connectivity index (χ1) is 10.7. The highest BCUT2D eigenvalue weighted by Gasteiger charge is 2.51. The maximum Gasteiger partial charge on any atom is 0.346 e. The lowest BCUT2D eigenvalue weighted by Gasteiger charge is -2.29. The molecule has 1 aliphatic carbocycles. The summed E-state index contributed by atoms with van der Waals surface area (Å²) in [4.78, 5) is 24.5. The second kappa shape index (κ2) is 6.30. The van der Waals surface area contributed by atoms with E-state index >= 15 is 0 Å². The van der Waals surface area contributed by atoms with Crippen LogP contribution in [0.15, 0.2) is 35.4 Å². The van der Waals surface area contributed by atoms with Crippen LogP contribution in [0.5, 0.6) is 0 Å². The zero-order chi connectivity index (χ0) is 15.4. The number of urea groups is 1. The molecule has 1 spiro atoms. The normalized spacial score (nSPS) is 20.8. The maximum atomic E-state index is 12.5. The van der Waals surface area contributed by atoms with Crippen LogP contribution in [0, 0.1) is 0 Å². The quantitative estimate of drug-likeness (QED) is 0.686. The van der Waals surface area contributed by atoms with E-state index < -0.39 is 5.54 Å². The van der Waals surface area contributed by atoms with Gasteiger partial charge in [-0.1, -0.05) is 49.6 Å². The molecule has 5 nitrogen and oxygen atoms in total. The lowest BCUT2D eigenvalue weighted by atomic mass is 9.82. The predicted molar refractivity (Wildman–Crippen MR) is 84.4 cm³/mol. The molecule has 0 radical (unpaired) electrons. The van der Waals surface area contributed by atoms with Crippen LogP contribution >= 0.6 is 0 Å². The minimum Gasteiger partial charge on any atom is -0.321 e. The van der Waals surface area contributed by atoms with Gasteiger partial charge in [-0.15, -0.1) is 5.01 Å². The minimum atomic E-state index is -0.688. The van der Waals surface area contributed by atoms with Crippen molar-refractivity contribution in [2.75, 3.05) is 0 Å². The van der Waals surface area contributed by atoms with E-state index in [0.29, 0.717) is 6.42 Å². The number of hydrazone groups is 1. The number of imide groups is 1. The summed E-state index contributed by atoms with van der Waals surface area (Å²) in [5, 5.41) is 7.96. The van der Waals surface area contributed by atoms with Gasteiger partial charge >= 0.3 is 6.03 Å². The molecule has 3 rings (SSSR count). The fourth-order valence-electron chi connectivity index (χ4n) is 3.22. The van der Waals surface area contributed by atoms with E-state index in [-0.39, 0.29) is 11.9 Å². The van der Waals surface area contributed by atoms with E-state index in [1.807, 2.05) is 18.2 Å². The average Bonchev–Trinajstić information content (AvgIpc) is 2.77. The molecule has 5 heteroatoms. The van der Waals surface area contributed by atoms with Crippen molar-refractivity contribution >= 4 is 18.2 Å². The van der Waals surface area contributed by atoms with E-state index in [9.17, 15) is 9.59 Å². The Morgan fingerprint density at radius 3 is 2.59 bits per heavy atom. The van der Waals surface area contributed by atoms with Gasteiger partial charge in [0.15, 0.2) is 0 Å². The zero-order valence-electron chi connectivity index (χ0n) is 12.6. The SMILES string of the molecule is O=C1NC2(CCCCC2)C(=O)N1/N=C\CCc1ccccc1. The standard InChI is InChI=1S/C17H21N3O2/c21-15-17(11-5-2-6-12-17)19-16(22)20(15)18-13-7-10-14-8-3-1-4-9-14/h1,3-4,8-9,13H,2,5-7,10-12H2,(H,19,22)/b18-13-. The van der Waals surface area contributed by atoms with Gasteiger partial charge in [-0.2, -0.15) is 5.10 Å². The molecular weight excluding hydrogens is 278 g/mol. The van der Waals surface area contributed by atoms with Crippen molar-refractivity contribution in [2.24, 2.45) is 5.10 Å². The van der Waals surface area contributed by atoms with Gasteiger partial charge < -0.3 is 5.32 Å². The Bertz CT molecular complexity index is 577. The van der Waals surface area contributed by atoms with E-state index in [1.165, 1.54) is 5.56 Å². The minimum absolute atomic E-state index is 0.187. The molecule has 1 aromatic carbocycles. The van der Waals surface area contributed by atoms with E-state index in [0.717, 1.165) is 43.5 Å². The van der Waals surface area contributed by atoms with Gasteiger partial charge in [0.1, 0.15) is 5.54 Å². The fourth-order valence-corrected chi connectivity index (χ4v) is 3.22. The number of carbonyl (C=O) groups excluding carboxylic acids is 2. The Morgan fingerprint density at radius 1 is 1.14 bits per heavy atom. The number of carbonyl (C=O) groups is 2. The largest absolute Gasteiger partial charge is 0.346 e. The Kier molecular flexibility index (Phi) is 4.22. The molecule has 2 aliphatic rings. The molecular formula is C17H21N3O2. The molecule has 1 aliphatic heterocycles.